The van der Waals surface area contributed by atoms with Crippen LogP contribution in [-0.2, 0) is 0 Å². The van der Waals surface area contributed by atoms with Gasteiger partial charge in [0.1, 0.15) is 11.5 Å². The molecule has 1 saturated heterocycles. The molecule has 192 valence electrons. The van der Waals surface area contributed by atoms with E-state index in [2.05, 4.69) is 37.4 Å². The molecular formula is C27H28Cl2FN7. The Bertz CT molecular complexity index is 1470. The number of para-hydroxylation sites is 2. The van der Waals surface area contributed by atoms with Crippen molar-refractivity contribution in [2.45, 2.75) is 0 Å². The van der Waals surface area contributed by atoms with E-state index in [-0.39, 0.29) is 30.6 Å². The number of H-pyrrole nitrogens is 1. The lowest BCUT2D eigenvalue weighted by Gasteiger charge is -2.35. The molecule has 3 heterocycles. The molecular weight excluding hydrogens is 512 g/mol. The molecule has 1 fully saturated rings. The predicted octanol–water partition coefficient (Wildman–Crippen LogP) is 5.39. The van der Waals surface area contributed by atoms with E-state index in [0.717, 1.165) is 84.1 Å². The summed E-state index contributed by atoms with van der Waals surface area (Å²) in [4.78, 5) is 14.5. The van der Waals surface area contributed by atoms with E-state index in [1.807, 2.05) is 42.5 Å². The van der Waals surface area contributed by atoms with Crippen molar-refractivity contribution in [1.82, 2.24) is 25.1 Å². The maximum Gasteiger partial charge on any atom is 0.158 e. The second-order valence-electron chi connectivity index (χ2n) is 8.77. The number of fused-ring (bicyclic) bond motifs is 2. The van der Waals surface area contributed by atoms with Crippen molar-refractivity contribution < 1.29 is 4.39 Å². The molecule has 0 unspecified atom stereocenters. The highest BCUT2D eigenvalue weighted by molar-refractivity contribution is 5.90. The highest BCUT2D eigenvalue weighted by atomic mass is 35.5. The van der Waals surface area contributed by atoms with Crippen molar-refractivity contribution in [1.29, 1.82) is 0 Å². The molecule has 3 aromatic carbocycles. The van der Waals surface area contributed by atoms with Crippen LogP contribution in [0.25, 0.3) is 33.2 Å². The standard InChI is InChI=1S/C27H26FN7.2ClH/c28-20-10-11-21-24(18-20)32-33-27(21)35-16-14-34(15-17-35)13-12-29-26-25(19-6-2-1-3-7-19)30-22-8-4-5-9-23(22)31-26;;/h1-11,18H,12-17H2,(H,29,31)(H,32,33);2*1H. The summed E-state index contributed by atoms with van der Waals surface area (Å²) in [6.07, 6.45) is 0. The van der Waals surface area contributed by atoms with Crippen LogP contribution in [0.3, 0.4) is 0 Å². The number of nitrogens with zero attached hydrogens (tertiary/aromatic N) is 5. The van der Waals surface area contributed by atoms with Gasteiger partial charge in [0.15, 0.2) is 11.6 Å². The molecule has 0 atom stereocenters. The summed E-state index contributed by atoms with van der Waals surface area (Å²) in [5, 5.41) is 11.9. The fraction of sp³-hybridized carbons (Fsp3) is 0.222. The lowest BCUT2D eigenvalue weighted by Crippen LogP contribution is -2.47. The van der Waals surface area contributed by atoms with Gasteiger partial charge >= 0.3 is 0 Å². The summed E-state index contributed by atoms with van der Waals surface area (Å²) in [6.45, 7) is 5.31. The SMILES string of the molecule is Cl.Cl.Fc1ccc2c(N3CCN(CCNc4nc5ccccc5nc4-c4ccccc4)CC3)n[nH]c2c1. The van der Waals surface area contributed by atoms with Crippen LogP contribution in [0.15, 0.2) is 72.8 Å². The zero-order valence-corrected chi connectivity index (χ0v) is 21.7. The van der Waals surface area contributed by atoms with Crippen LogP contribution in [0.4, 0.5) is 16.0 Å². The number of piperazine rings is 1. The molecule has 2 aromatic heterocycles. The van der Waals surface area contributed by atoms with Crippen molar-refractivity contribution >= 4 is 58.4 Å². The van der Waals surface area contributed by atoms with Gasteiger partial charge in [0, 0.05) is 50.2 Å². The number of hydrogen-bond donors (Lipinski definition) is 2. The first kappa shape index (κ1) is 26.6. The van der Waals surface area contributed by atoms with Crippen molar-refractivity contribution in [3.63, 3.8) is 0 Å². The topological polar surface area (TPSA) is 73.0 Å². The lowest BCUT2D eigenvalue weighted by molar-refractivity contribution is 0.267. The summed E-state index contributed by atoms with van der Waals surface area (Å²) >= 11 is 0. The van der Waals surface area contributed by atoms with Crippen LogP contribution < -0.4 is 10.2 Å². The average molecular weight is 540 g/mol. The maximum atomic E-state index is 13.5. The summed E-state index contributed by atoms with van der Waals surface area (Å²) in [7, 11) is 0. The number of halogens is 3. The Morgan fingerprint density at radius 1 is 0.838 bits per heavy atom. The van der Waals surface area contributed by atoms with Crippen molar-refractivity contribution in [3.05, 3.63) is 78.6 Å². The molecule has 37 heavy (non-hydrogen) atoms. The van der Waals surface area contributed by atoms with E-state index in [1.165, 1.54) is 12.1 Å². The molecule has 0 amide bonds. The van der Waals surface area contributed by atoms with Crippen molar-refractivity contribution in [2.75, 3.05) is 49.5 Å². The van der Waals surface area contributed by atoms with Crippen LogP contribution in [-0.4, -0.2) is 64.3 Å². The van der Waals surface area contributed by atoms with E-state index in [1.54, 1.807) is 6.07 Å². The van der Waals surface area contributed by atoms with Gasteiger partial charge in [-0.25, -0.2) is 14.4 Å². The Kier molecular flexibility index (Phi) is 8.43. The first-order valence-corrected chi connectivity index (χ1v) is 11.9. The zero-order chi connectivity index (χ0) is 23.6. The molecule has 2 N–H and O–H groups in total. The monoisotopic (exact) mass is 539 g/mol. The summed E-state index contributed by atoms with van der Waals surface area (Å²) in [5.41, 5.74) is 4.43. The van der Waals surface area contributed by atoms with E-state index in [0.29, 0.717) is 0 Å². The minimum absolute atomic E-state index is 0. The van der Waals surface area contributed by atoms with Gasteiger partial charge in [-0.2, -0.15) is 5.10 Å². The fourth-order valence-electron chi connectivity index (χ4n) is 4.65. The van der Waals surface area contributed by atoms with E-state index < -0.39 is 0 Å². The van der Waals surface area contributed by atoms with Gasteiger partial charge in [0.05, 0.1) is 16.6 Å². The average Bonchev–Trinajstić information content (AvgIpc) is 3.32. The van der Waals surface area contributed by atoms with Gasteiger partial charge in [0.2, 0.25) is 0 Å². The Labute approximate surface area is 226 Å². The summed E-state index contributed by atoms with van der Waals surface area (Å²) in [5.74, 6) is 1.46. The third-order valence-electron chi connectivity index (χ3n) is 6.51. The van der Waals surface area contributed by atoms with Crippen LogP contribution in [0.1, 0.15) is 0 Å². The second kappa shape index (κ2) is 11.7. The third kappa shape index (κ3) is 5.61. The number of anilines is 2. The summed E-state index contributed by atoms with van der Waals surface area (Å²) in [6, 6.07) is 22.9. The minimum atomic E-state index is -0.253. The number of benzene rings is 3. The van der Waals surface area contributed by atoms with Gasteiger partial charge in [-0.05, 0) is 30.3 Å². The molecule has 5 aromatic rings. The number of aromatic nitrogens is 4. The quantitative estimate of drug-likeness (QED) is 0.301. The van der Waals surface area contributed by atoms with E-state index in [4.69, 9.17) is 9.97 Å². The Morgan fingerprint density at radius 3 is 2.30 bits per heavy atom. The smallest absolute Gasteiger partial charge is 0.158 e. The zero-order valence-electron chi connectivity index (χ0n) is 20.1. The molecule has 1 aliphatic heterocycles. The largest absolute Gasteiger partial charge is 0.367 e. The van der Waals surface area contributed by atoms with Gasteiger partial charge in [0.25, 0.3) is 0 Å². The highest BCUT2D eigenvalue weighted by Gasteiger charge is 2.21. The number of rotatable bonds is 6. The third-order valence-corrected chi connectivity index (χ3v) is 6.51. The van der Waals surface area contributed by atoms with Crippen LogP contribution in [0.5, 0.6) is 0 Å². The molecule has 0 radical (unpaired) electrons. The fourth-order valence-corrected chi connectivity index (χ4v) is 4.65. The Balaban J connectivity index is 0.00000160. The first-order chi connectivity index (χ1) is 17.2. The van der Waals surface area contributed by atoms with E-state index >= 15 is 0 Å². The molecule has 6 rings (SSSR count). The number of hydrogen-bond acceptors (Lipinski definition) is 6. The van der Waals surface area contributed by atoms with Gasteiger partial charge in [-0.3, -0.25) is 10.00 Å². The Hall–Kier alpha value is -3.46. The molecule has 1 aliphatic rings. The highest BCUT2D eigenvalue weighted by Crippen LogP contribution is 2.27. The lowest BCUT2D eigenvalue weighted by atomic mass is 10.1. The minimum Gasteiger partial charge on any atom is -0.367 e. The predicted molar refractivity (Wildman–Crippen MR) is 153 cm³/mol. The van der Waals surface area contributed by atoms with Gasteiger partial charge in [-0.15, -0.1) is 24.8 Å². The molecule has 10 heteroatoms. The molecule has 0 saturated carbocycles. The molecule has 0 spiro atoms. The first-order valence-electron chi connectivity index (χ1n) is 11.9. The van der Waals surface area contributed by atoms with Crippen LogP contribution in [0.2, 0.25) is 0 Å². The molecule has 0 bridgehead atoms. The summed E-state index contributed by atoms with van der Waals surface area (Å²) < 4.78 is 13.5. The van der Waals surface area contributed by atoms with Crippen LogP contribution in [0, 0.1) is 5.82 Å². The van der Waals surface area contributed by atoms with Crippen molar-refractivity contribution in [2.24, 2.45) is 0 Å². The van der Waals surface area contributed by atoms with Crippen LogP contribution >= 0.6 is 24.8 Å². The maximum absolute atomic E-state index is 13.5. The molecule has 0 aliphatic carbocycles. The normalized spacial score (nSPS) is 13.8. The van der Waals surface area contributed by atoms with Gasteiger partial charge < -0.3 is 10.2 Å². The Morgan fingerprint density at radius 2 is 1.54 bits per heavy atom. The number of nitrogens with one attached hydrogen (secondary N) is 2. The van der Waals surface area contributed by atoms with Crippen molar-refractivity contribution in [3.8, 4) is 11.3 Å². The second-order valence-corrected chi connectivity index (χ2v) is 8.77. The van der Waals surface area contributed by atoms with Gasteiger partial charge in [-0.1, -0.05) is 42.5 Å². The van der Waals surface area contributed by atoms with E-state index in [9.17, 15) is 4.39 Å². The number of aromatic amines is 1. The molecule has 7 nitrogen and oxygen atoms in total.